The molecular formula is C24H22ClNO4. The molecular weight excluding hydrogens is 402 g/mol. The van der Waals surface area contributed by atoms with E-state index in [9.17, 15) is 9.59 Å². The van der Waals surface area contributed by atoms with Crippen molar-refractivity contribution in [3.63, 3.8) is 0 Å². The van der Waals surface area contributed by atoms with Crippen LogP contribution in [0.15, 0.2) is 66.7 Å². The largest absolute Gasteiger partial charge is 0.479 e. The molecule has 0 spiro atoms. The molecule has 0 heterocycles. The lowest BCUT2D eigenvalue weighted by Gasteiger charge is -2.15. The fourth-order valence-corrected chi connectivity index (χ4v) is 2.99. The third-order valence-electron chi connectivity index (χ3n) is 4.28. The van der Waals surface area contributed by atoms with Gasteiger partial charge in [-0.3, -0.25) is 4.79 Å². The van der Waals surface area contributed by atoms with Crippen LogP contribution in [0, 0.1) is 13.8 Å². The van der Waals surface area contributed by atoms with Crippen molar-refractivity contribution in [2.75, 3.05) is 5.32 Å². The minimum atomic E-state index is -0.779. The van der Waals surface area contributed by atoms with Gasteiger partial charge in [-0.25, -0.2) is 4.79 Å². The molecule has 3 rings (SSSR count). The molecule has 3 aromatic rings. The summed E-state index contributed by atoms with van der Waals surface area (Å²) in [6, 6.07) is 18.9. The van der Waals surface area contributed by atoms with Gasteiger partial charge in [-0.05, 0) is 92.6 Å². The van der Waals surface area contributed by atoms with Crippen molar-refractivity contribution in [2.45, 2.75) is 26.9 Å². The second-order valence-electron chi connectivity index (χ2n) is 6.99. The van der Waals surface area contributed by atoms with Gasteiger partial charge >= 0.3 is 5.97 Å². The van der Waals surface area contributed by atoms with E-state index in [1.54, 1.807) is 55.5 Å². The second kappa shape index (κ2) is 9.46. The van der Waals surface area contributed by atoms with E-state index in [2.05, 4.69) is 5.32 Å². The van der Waals surface area contributed by atoms with E-state index < -0.39 is 12.1 Å². The van der Waals surface area contributed by atoms with Gasteiger partial charge in [0.15, 0.2) is 6.10 Å². The Hall–Kier alpha value is -3.31. The summed E-state index contributed by atoms with van der Waals surface area (Å²) >= 11 is 5.84. The SMILES string of the molecule is Cc1cc(C)cc(OC(C)C(=O)Oc2ccc(C(=O)Nc3ccc(Cl)cc3)cc2)c1. The third-order valence-corrected chi connectivity index (χ3v) is 4.53. The molecule has 1 unspecified atom stereocenters. The Morgan fingerprint density at radius 3 is 2.07 bits per heavy atom. The fraction of sp³-hybridized carbons (Fsp3) is 0.167. The van der Waals surface area contributed by atoms with E-state index in [0.29, 0.717) is 27.8 Å². The van der Waals surface area contributed by atoms with E-state index in [1.807, 2.05) is 32.0 Å². The van der Waals surface area contributed by atoms with Crippen molar-refractivity contribution in [1.29, 1.82) is 0 Å². The molecule has 0 aliphatic rings. The maximum Gasteiger partial charge on any atom is 0.352 e. The van der Waals surface area contributed by atoms with E-state index in [1.165, 1.54) is 0 Å². The van der Waals surface area contributed by atoms with Gasteiger partial charge in [-0.15, -0.1) is 0 Å². The lowest BCUT2D eigenvalue weighted by molar-refractivity contribution is -0.141. The topological polar surface area (TPSA) is 64.6 Å². The molecule has 5 nitrogen and oxygen atoms in total. The van der Waals surface area contributed by atoms with Crippen LogP contribution in [0.5, 0.6) is 11.5 Å². The Morgan fingerprint density at radius 2 is 1.47 bits per heavy atom. The van der Waals surface area contributed by atoms with Crippen LogP contribution in [0.3, 0.4) is 0 Å². The molecule has 0 radical (unpaired) electrons. The molecule has 1 amide bonds. The van der Waals surface area contributed by atoms with Crippen LogP contribution >= 0.6 is 11.6 Å². The quantitative estimate of drug-likeness (QED) is 0.415. The number of carbonyl (C=O) groups excluding carboxylic acids is 2. The molecule has 3 aromatic carbocycles. The number of rotatable bonds is 6. The second-order valence-corrected chi connectivity index (χ2v) is 7.43. The monoisotopic (exact) mass is 423 g/mol. The van der Waals surface area contributed by atoms with Crippen molar-refractivity contribution >= 4 is 29.2 Å². The first-order valence-corrected chi connectivity index (χ1v) is 9.81. The van der Waals surface area contributed by atoms with Crippen LogP contribution < -0.4 is 14.8 Å². The Bertz CT molecular complexity index is 1030. The van der Waals surface area contributed by atoms with Crippen molar-refractivity contribution in [2.24, 2.45) is 0 Å². The number of aryl methyl sites for hydroxylation is 2. The van der Waals surface area contributed by atoms with Crippen LogP contribution in [0.4, 0.5) is 5.69 Å². The molecule has 1 atom stereocenters. The van der Waals surface area contributed by atoms with Crippen molar-refractivity contribution in [1.82, 2.24) is 0 Å². The van der Waals surface area contributed by atoms with Crippen LogP contribution in [-0.2, 0) is 4.79 Å². The maximum atomic E-state index is 12.3. The molecule has 0 aliphatic carbocycles. The van der Waals surface area contributed by atoms with E-state index >= 15 is 0 Å². The van der Waals surface area contributed by atoms with Crippen LogP contribution in [-0.4, -0.2) is 18.0 Å². The lowest BCUT2D eigenvalue weighted by atomic mass is 10.1. The van der Waals surface area contributed by atoms with Gasteiger partial charge < -0.3 is 14.8 Å². The Labute approximate surface area is 180 Å². The number of hydrogen-bond donors (Lipinski definition) is 1. The minimum absolute atomic E-state index is 0.276. The van der Waals surface area contributed by atoms with Crippen LogP contribution in [0.1, 0.15) is 28.4 Å². The van der Waals surface area contributed by atoms with E-state index in [0.717, 1.165) is 11.1 Å². The first kappa shape index (κ1) is 21.4. The number of hydrogen-bond acceptors (Lipinski definition) is 4. The predicted octanol–water partition coefficient (Wildman–Crippen LogP) is 5.58. The summed E-state index contributed by atoms with van der Waals surface area (Å²) in [5.41, 5.74) is 3.18. The zero-order chi connectivity index (χ0) is 21.7. The molecule has 154 valence electrons. The Balaban J connectivity index is 1.58. The smallest absolute Gasteiger partial charge is 0.352 e. The number of halogens is 1. The molecule has 30 heavy (non-hydrogen) atoms. The standard InChI is InChI=1S/C24H22ClNO4/c1-15-12-16(2)14-22(13-15)29-17(3)24(28)30-21-10-4-18(5-11-21)23(27)26-20-8-6-19(25)7-9-20/h4-14,17H,1-3H3,(H,26,27). The zero-order valence-electron chi connectivity index (χ0n) is 16.9. The predicted molar refractivity (Wildman–Crippen MR) is 117 cm³/mol. The molecule has 0 saturated heterocycles. The zero-order valence-corrected chi connectivity index (χ0v) is 17.7. The highest BCUT2D eigenvalue weighted by molar-refractivity contribution is 6.30. The minimum Gasteiger partial charge on any atom is -0.479 e. The van der Waals surface area contributed by atoms with Gasteiger partial charge in [-0.2, -0.15) is 0 Å². The molecule has 6 heteroatoms. The van der Waals surface area contributed by atoms with Crippen molar-refractivity contribution in [3.05, 3.63) is 88.4 Å². The number of amides is 1. The molecule has 1 N–H and O–H groups in total. The first-order valence-electron chi connectivity index (χ1n) is 9.44. The Morgan fingerprint density at radius 1 is 0.867 bits per heavy atom. The number of nitrogens with one attached hydrogen (secondary N) is 1. The van der Waals surface area contributed by atoms with Gasteiger partial charge in [0.2, 0.25) is 0 Å². The molecule has 0 bridgehead atoms. The number of carbonyl (C=O) groups is 2. The van der Waals surface area contributed by atoms with Gasteiger partial charge in [0.05, 0.1) is 0 Å². The number of anilines is 1. The number of esters is 1. The first-order chi connectivity index (χ1) is 14.3. The molecule has 0 fully saturated rings. The average Bonchev–Trinajstić information content (AvgIpc) is 2.69. The summed E-state index contributed by atoms with van der Waals surface area (Å²) < 4.78 is 11.1. The summed E-state index contributed by atoms with van der Waals surface area (Å²) in [6.07, 6.45) is -0.779. The lowest BCUT2D eigenvalue weighted by Crippen LogP contribution is -2.28. The molecule has 0 aliphatic heterocycles. The van der Waals surface area contributed by atoms with Crippen LogP contribution in [0.2, 0.25) is 5.02 Å². The van der Waals surface area contributed by atoms with Crippen LogP contribution in [0.25, 0.3) is 0 Å². The van der Waals surface area contributed by atoms with E-state index in [-0.39, 0.29) is 5.91 Å². The summed E-state index contributed by atoms with van der Waals surface area (Å²) in [4.78, 5) is 24.7. The molecule has 0 saturated carbocycles. The number of benzene rings is 3. The Kier molecular flexibility index (Phi) is 6.75. The fourth-order valence-electron chi connectivity index (χ4n) is 2.86. The molecule has 0 aromatic heterocycles. The van der Waals surface area contributed by atoms with Gasteiger partial charge in [0, 0.05) is 16.3 Å². The summed E-state index contributed by atoms with van der Waals surface area (Å²) in [7, 11) is 0. The summed E-state index contributed by atoms with van der Waals surface area (Å²) in [5.74, 6) is 0.152. The van der Waals surface area contributed by atoms with E-state index in [4.69, 9.17) is 21.1 Å². The number of ether oxygens (including phenoxy) is 2. The third kappa shape index (κ3) is 5.84. The van der Waals surface area contributed by atoms with Gasteiger partial charge in [0.1, 0.15) is 11.5 Å². The van der Waals surface area contributed by atoms with Crippen molar-refractivity contribution < 1.29 is 19.1 Å². The summed E-state index contributed by atoms with van der Waals surface area (Å²) in [5, 5.41) is 3.37. The van der Waals surface area contributed by atoms with Gasteiger partial charge in [-0.1, -0.05) is 17.7 Å². The highest BCUT2D eigenvalue weighted by atomic mass is 35.5. The highest BCUT2D eigenvalue weighted by Gasteiger charge is 2.18. The van der Waals surface area contributed by atoms with Crippen molar-refractivity contribution in [3.8, 4) is 11.5 Å². The average molecular weight is 424 g/mol. The highest BCUT2D eigenvalue weighted by Crippen LogP contribution is 2.20. The van der Waals surface area contributed by atoms with Gasteiger partial charge in [0.25, 0.3) is 5.91 Å². The normalized spacial score (nSPS) is 11.5. The summed E-state index contributed by atoms with van der Waals surface area (Å²) in [6.45, 7) is 5.56. The maximum absolute atomic E-state index is 12.3.